The summed E-state index contributed by atoms with van der Waals surface area (Å²) in [4.78, 5) is 30.9. The summed E-state index contributed by atoms with van der Waals surface area (Å²) in [5.41, 5.74) is 0. The van der Waals surface area contributed by atoms with Gasteiger partial charge in [-0.15, -0.1) is 0 Å². The van der Waals surface area contributed by atoms with Gasteiger partial charge in [0.1, 0.15) is 0 Å². The van der Waals surface area contributed by atoms with E-state index in [1.165, 1.54) is 0 Å². The molecular formula is C16H24N4O3. The first-order valence-electron chi connectivity index (χ1n) is 8.30. The molecule has 2 amide bonds. The van der Waals surface area contributed by atoms with Gasteiger partial charge in [-0.3, -0.25) is 4.79 Å². The first-order valence-corrected chi connectivity index (χ1v) is 8.30. The summed E-state index contributed by atoms with van der Waals surface area (Å²) in [5.74, 6) is 0.341. The number of Topliss-reactive ketones (excluding diaryl/α,β-unsaturated/α-hetero) is 1. The highest BCUT2D eigenvalue weighted by Gasteiger charge is 2.31. The zero-order valence-corrected chi connectivity index (χ0v) is 13.5. The van der Waals surface area contributed by atoms with E-state index in [1.807, 2.05) is 7.05 Å². The quantitative estimate of drug-likeness (QED) is 0.849. The number of likely N-dealkylation sites (tertiary alicyclic amines) is 1. The molecule has 2 saturated heterocycles. The molecule has 23 heavy (non-hydrogen) atoms. The van der Waals surface area contributed by atoms with E-state index in [0.717, 1.165) is 25.7 Å². The molecule has 1 N–H and O–H groups in total. The van der Waals surface area contributed by atoms with Gasteiger partial charge < -0.3 is 19.5 Å². The van der Waals surface area contributed by atoms with Gasteiger partial charge in [-0.2, -0.15) is 0 Å². The Labute approximate surface area is 136 Å². The van der Waals surface area contributed by atoms with Crippen molar-refractivity contribution in [3.63, 3.8) is 0 Å². The molecule has 0 aliphatic carbocycles. The van der Waals surface area contributed by atoms with Gasteiger partial charge in [0, 0.05) is 57.7 Å². The molecule has 2 fully saturated rings. The van der Waals surface area contributed by atoms with Gasteiger partial charge in [0.25, 0.3) is 0 Å². The number of aryl methyl sites for hydroxylation is 1. The third-order valence-electron chi connectivity index (χ3n) is 4.67. The van der Waals surface area contributed by atoms with Crippen molar-refractivity contribution in [1.82, 2.24) is 19.8 Å². The van der Waals surface area contributed by atoms with E-state index in [-0.39, 0.29) is 23.8 Å². The van der Waals surface area contributed by atoms with Crippen LogP contribution in [0.1, 0.15) is 36.3 Å². The highest BCUT2D eigenvalue weighted by Crippen LogP contribution is 2.20. The molecule has 0 spiro atoms. The number of rotatable bonds is 3. The Hall–Kier alpha value is -1.89. The van der Waals surface area contributed by atoms with E-state index in [9.17, 15) is 9.59 Å². The molecule has 2 aliphatic rings. The second kappa shape index (κ2) is 7.12. The minimum absolute atomic E-state index is 0.0288. The van der Waals surface area contributed by atoms with Crippen molar-refractivity contribution in [1.29, 1.82) is 0 Å². The molecule has 1 aromatic rings. The predicted molar refractivity (Wildman–Crippen MR) is 84.2 cm³/mol. The largest absolute Gasteiger partial charge is 0.381 e. The van der Waals surface area contributed by atoms with Gasteiger partial charge in [0.05, 0.1) is 0 Å². The summed E-state index contributed by atoms with van der Waals surface area (Å²) in [6.07, 6.45) is 6.77. The maximum Gasteiger partial charge on any atom is 0.317 e. The fraction of sp³-hybridized carbons (Fsp3) is 0.688. The molecule has 0 radical (unpaired) electrons. The molecule has 3 heterocycles. The van der Waals surface area contributed by atoms with E-state index >= 15 is 0 Å². The number of aromatic nitrogens is 2. The number of hydrogen-bond acceptors (Lipinski definition) is 4. The SMILES string of the molecule is Cn1ccnc1C(=O)[C@@H]1CCCN(C(=O)NC2CCOCC2)C1. The molecule has 126 valence electrons. The van der Waals surface area contributed by atoms with Crippen LogP contribution in [0, 0.1) is 5.92 Å². The van der Waals surface area contributed by atoms with Crippen LogP contribution in [0.2, 0.25) is 0 Å². The standard InChI is InChI=1S/C16H24N4O3/c1-19-8-6-17-15(19)14(21)12-3-2-7-20(11-12)16(22)18-13-4-9-23-10-5-13/h6,8,12-13H,2-5,7,9-11H2,1H3,(H,18,22)/t12-/m1/s1. The average molecular weight is 320 g/mol. The number of amides is 2. The van der Waals surface area contributed by atoms with Crippen LogP contribution in [-0.4, -0.2) is 58.6 Å². The Kier molecular flexibility index (Phi) is 4.95. The second-order valence-electron chi connectivity index (χ2n) is 6.35. The van der Waals surface area contributed by atoms with Crippen molar-refractivity contribution in [3.05, 3.63) is 18.2 Å². The summed E-state index contributed by atoms with van der Waals surface area (Å²) in [7, 11) is 1.82. The van der Waals surface area contributed by atoms with Crippen molar-refractivity contribution in [2.45, 2.75) is 31.7 Å². The molecule has 3 rings (SSSR count). The number of nitrogens with one attached hydrogen (secondary N) is 1. The van der Waals surface area contributed by atoms with Gasteiger partial charge in [0.2, 0.25) is 5.78 Å². The smallest absolute Gasteiger partial charge is 0.317 e. The Morgan fingerprint density at radius 1 is 1.30 bits per heavy atom. The highest BCUT2D eigenvalue weighted by atomic mass is 16.5. The van der Waals surface area contributed by atoms with Gasteiger partial charge in [-0.05, 0) is 25.7 Å². The van der Waals surface area contributed by atoms with Crippen LogP contribution < -0.4 is 5.32 Å². The van der Waals surface area contributed by atoms with Crippen molar-refractivity contribution in [3.8, 4) is 0 Å². The summed E-state index contributed by atoms with van der Waals surface area (Å²) in [5, 5.41) is 3.07. The number of urea groups is 1. The molecule has 7 nitrogen and oxygen atoms in total. The molecule has 7 heteroatoms. The fourth-order valence-corrected chi connectivity index (χ4v) is 3.27. The minimum Gasteiger partial charge on any atom is -0.381 e. The first-order chi connectivity index (χ1) is 11.1. The van der Waals surface area contributed by atoms with E-state index in [0.29, 0.717) is 32.1 Å². The lowest BCUT2D eigenvalue weighted by molar-refractivity contribution is 0.0747. The van der Waals surface area contributed by atoms with Crippen LogP contribution in [0.4, 0.5) is 4.79 Å². The van der Waals surface area contributed by atoms with Crippen LogP contribution in [0.5, 0.6) is 0 Å². The summed E-state index contributed by atoms with van der Waals surface area (Å²) in [6, 6.07) is 0.121. The van der Waals surface area contributed by atoms with Gasteiger partial charge in [0.15, 0.2) is 5.82 Å². The fourth-order valence-electron chi connectivity index (χ4n) is 3.27. The number of ketones is 1. The maximum atomic E-state index is 12.6. The minimum atomic E-state index is -0.162. The number of carbonyl (C=O) groups is 2. The maximum absolute atomic E-state index is 12.6. The second-order valence-corrected chi connectivity index (χ2v) is 6.35. The predicted octanol–water partition coefficient (Wildman–Crippen LogP) is 1.20. The van der Waals surface area contributed by atoms with E-state index in [2.05, 4.69) is 10.3 Å². The molecule has 1 aromatic heterocycles. The summed E-state index contributed by atoms with van der Waals surface area (Å²) >= 11 is 0. The number of hydrogen-bond donors (Lipinski definition) is 1. The highest BCUT2D eigenvalue weighted by molar-refractivity contribution is 5.95. The molecule has 0 bridgehead atoms. The van der Waals surface area contributed by atoms with Gasteiger partial charge in [-0.25, -0.2) is 9.78 Å². The monoisotopic (exact) mass is 320 g/mol. The Morgan fingerprint density at radius 3 is 2.78 bits per heavy atom. The molecule has 1 atom stereocenters. The lowest BCUT2D eigenvalue weighted by atomic mass is 9.93. The Balaban J connectivity index is 1.58. The van der Waals surface area contributed by atoms with E-state index < -0.39 is 0 Å². The van der Waals surface area contributed by atoms with Gasteiger partial charge >= 0.3 is 6.03 Å². The van der Waals surface area contributed by atoms with Gasteiger partial charge in [-0.1, -0.05) is 0 Å². The molecule has 0 unspecified atom stereocenters. The first kappa shape index (κ1) is 16.0. The van der Waals surface area contributed by atoms with Crippen molar-refractivity contribution in [2.75, 3.05) is 26.3 Å². The lowest BCUT2D eigenvalue weighted by Crippen LogP contribution is -2.50. The normalized spacial score (nSPS) is 22.8. The van der Waals surface area contributed by atoms with Crippen LogP contribution in [0.25, 0.3) is 0 Å². The van der Waals surface area contributed by atoms with Crippen LogP contribution in [0.3, 0.4) is 0 Å². The number of imidazole rings is 1. The zero-order valence-electron chi connectivity index (χ0n) is 13.5. The molecule has 0 aromatic carbocycles. The van der Waals surface area contributed by atoms with Crippen LogP contribution in [0.15, 0.2) is 12.4 Å². The summed E-state index contributed by atoms with van der Waals surface area (Å²) < 4.78 is 7.05. The van der Waals surface area contributed by atoms with Crippen molar-refractivity contribution < 1.29 is 14.3 Å². The lowest BCUT2D eigenvalue weighted by Gasteiger charge is -2.33. The Morgan fingerprint density at radius 2 is 2.09 bits per heavy atom. The van der Waals surface area contributed by atoms with E-state index in [1.54, 1.807) is 21.9 Å². The zero-order chi connectivity index (χ0) is 16.2. The van der Waals surface area contributed by atoms with Crippen molar-refractivity contribution >= 4 is 11.8 Å². The third-order valence-corrected chi connectivity index (χ3v) is 4.67. The molecule has 2 aliphatic heterocycles. The number of carbonyl (C=O) groups excluding carboxylic acids is 2. The Bertz CT molecular complexity index is 565. The van der Waals surface area contributed by atoms with Crippen molar-refractivity contribution in [2.24, 2.45) is 13.0 Å². The number of piperidine rings is 1. The molecular weight excluding hydrogens is 296 g/mol. The molecule has 0 saturated carbocycles. The number of ether oxygens (including phenoxy) is 1. The average Bonchev–Trinajstić information content (AvgIpc) is 3.01. The van der Waals surface area contributed by atoms with Crippen LogP contribution >= 0.6 is 0 Å². The topological polar surface area (TPSA) is 76.5 Å². The third kappa shape index (κ3) is 3.72. The van der Waals surface area contributed by atoms with Crippen LogP contribution in [-0.2, 0) is 11.8 Å². The van der Waals surface area contributed by atoms with E-state index in [4.69, 9.17) is 4.74 Å². The summed E-state index contributed by atoms with van der Waals surface area (Å²) in [6.45, 7) is 2.58. The number of nitrogens with zero attached hydrogens (tertiary/aromatic N) is 3.